The summed E-state index contributed by atoms with van der Waals surface area (Å²) in [4.78, 5) is 27.2. The number of anilines is 2. The Bertz CT molecular complexity index is 897. The maximum absolute atomic E-state index is 13.0. The summed E-state index contributed by atoms with van der Waals surface area (Å²) >= 11 is 6.33. The van der Waals surface area contributed by atoms with Crippen molar-refractivity contribution in [3.8, 4) is 5.75 Å². The number of amides is 2. The zero-order valence-electron chi connectivity index (χ0n) is 16.4. The van der Waals surface area contributed by atoms with Gasteiger partial charge in [0.2, 0.25) is 11.8 Å². The molecule has 2 amide bonds. The van der Waals surface area contributed by atoms with Crippen molar-refractivity contribution in [1.29, 1.82) is 0 Å². The second kappa shape index (κ2) is 8.65. The number of carbonyl (C=O) groups excluding carboxylic acids is 2. The largest absolute Gasteiger partial charge is 0.495 e. The number of nitrogens with zero attached hydrogens (tertiary/aromatic N) is 1. The molecular weight excluding hydrogens is 376 g/mol. The Labute approximate surface area is 170 Å². The van der Waals surface area contributed by atoms with Gasteiger partial charge in [-0.1, -0.05) is 43.6 Å². The Hall–Kier alpha value is -2.53. The minimum Gasteiger partial charge on any atom is -0.495 e. The molecule has 0 aromatic heterocycles. The SMILES string of the molecule is CCc1ccc(Cl)c(CC)c1NC(=O)C1CC(=O)N(c2ccccc2OC)C1. The summed E-state index contributed by atoms with van der Waals surface area (Å²) in [5.41, 5.74) is 3.45. The van der Waals surface area contributed by atoms with Gasteiger partial charge in [0, 0.05) is 23.7 Å². The van der Waals surface area contributed by atoms with Gasteiger partial charge >= 0.3 is 0 Å². The van der Waals surface area contributed by atoms with E-state index in [0.29, 0.717) is 23.0 Å². The molecule has 2 aromatic carbocycles. The monoisotopic (exact) mass is 400 g/mol. The lowest BCUT2D eigenvalue weighted by atomic mass is 10.0. The lowest BCUT2D eigenvalue weighted by molar-refractivity contribution is -0.122. The Morgan fingerprint density at radius 2 is 1.96 bits per heavy atom. The number of nitrogens with one attached hydrogen (secondary N) is 1. The summed E-state index contributed by atoms with van der Waals surface area (Å²) in [5, 5.41) is 3.70. The van der Waals surface area contributed by atoms with Crippen LogP contribution in [0.4, 0.5) is 11.4 Å². The highest BCUT2D eigenvalue weighted by atomic mass is 35.5. The molecule has 1 unspecified atom stereocenters. The van der Waals surface area contributed by atoms with Crippen LogP contribution >= 0.6 is 11.6 Å². The van der Waals surface area contributed by atoms with Gasteiger partial charge < -0.3 is 15.0 Å². The number of para-hydroxylation sites is 2. The molecule has 148 valence electrons. The average Bonchev–Trinajstić information content (AvgIpc) is 3.10. The summed E-state index contributed by atoms with van der Waals surface area (Å²) in [7, 11) is 1.57. The highest BCUT2D eigenvalue weighted by molar-refractivity contribution is 6.32. The van der Waals surface area contributed by atoms with E-state index in [4.69, 9.17) is 16.3 Å². The molecule has 0 spiro atoms. The normalized spacial score (nSPS) is 16.4. The fourth-order valence-corrected chi connectivity index (χ4v) is 3.95. The zero-order valence-corrected chi connectivity index (χ0v) is 17.2. The summed E-state index contributed by atoms with van der Waals surface area (Å²) in [6, 6.07) is 11.2. The molecule has 6 heteroatoms. The highest BCUT2D eigenvalue weighted by Gasteiger charge is 2.36. The molecule has 0 saturated carbocycles. The summed E-state index contributed by atoms with van der Waals surface area (Å²) < 4.78 is 5.36. The molecular formula is C22H25ClN2O3. The van der Waals surface area contributed by atoms with Crippen LogP contribution in [0.5, 0.6) is 5.75 Å². The number of halogens is 1. The van der Waals surface area contributed by atoms with Crippen molar-refractivity contribution in [1.82, 2.24) is 0 Å². The molecule has 28 heavy (non-hydrogen) atoms. The van der Waals surface area contributed by atoms with Gasteiger partial charge in [0.05, 0.1) is 18.7 Å². The Morgan fingerprint density at radius 1 is 1.21 bits per heavy atom. The smallest absolute Gasteiger partial charge is 0.229 e. The number of aryl methyl sites for hydroxylation is 1. The first-order valence-corrected chi connectivity index (χ1v) is 9.92. The lowest BCUT2D eigenvalue weighted by Gasteiger charge is -2.20. The van der Waals surface area contributed by atoms with Crippen molar-refractivity contribution >= 4 is 34.8 Å². The third-order valence-electron chi connectivity index (χ3n) is 5.20. The summed E-state index contributed by atoms with van der Waals surface area (Å²) in [5.74, 6) is -0.0429. The van der Waals surface area contributed by atoms with Gasteiger partial charge in [-0.2, -0.15) is 0 Å². The van der Waals surface area contributed by atoms with E-state index in [2.05, 4.69) is 5.32 Å². The molecule has 0 bridgehead atoms. The van der Waals surface area contributed by atoms with Crippen LogP contribution in [0.15, 0.2) is 36.4 Å². The number of carbonyl (C=O) groups is 2. The second-order valence-electron chi connectivity index (χ2n) is 6.83. The second-order valence-corrected chi connectivity index (χ2v) is 7.24. The van der Waals surface area contributed by atoms with Gasteiger partial charge in [-0.25, -0.2) is 0 Å². The minimum atomic E-state index is -0.425. The number of rotatable bonds is 6. The van der Waals surface area contributed by atoms with Crippen LogP contribution in [0.2, 0.25) is 5.02 Å². The third-order valence-corrected chi connectivity index (χ3v) is 5.55. The number of hydrogen-bond acceptors (Lipinski definition) is 3. The molecule has 1 atom stereocenters. The maximum atomic E-state index is 13.0. The fraction of sp³-hybridized carbons (Fsp3) is 0.364. The number of ether oxygens (including phenoxy) is 1. The molecule has 1 aliphatic rings. The van der Waals surface area contributed by atoms with E-state index in [1.54, 1.807) is 12.0 Å². The molecule has 1 N–H and O–H groups in total. The quantitative estimate of drug-likeness (QED) is 0.778. The van der Waals surface area contributed by atoms with E-state index < -0.39 is 5.92 Å². The molecule has 1 fully saturated rings. The molecule has 0 radical (unpaired) electrons. The van der Waals surface area contributed by atoms with Crippen LogP contribution in [0.25, 0.3) is 0 Å². The Kier molecular flexibility index (Phi) is 6.25. The first-order valence-electron chi connectivity index (χ1n) is 9.54. The molecule has 0 aliphatic carbocycles. The standard InChI is InChI=1S/C22H25ClN2O3/c1-4-14-10-11-17(23)16(5-2)21(14)24-22(27)15-12-20(26)25(13-15)18-8-6-7-9-19(18)28-3/h6-11,15H,4-5,12-13H2,1-3H3,(H,24,27). The number of hydrogen-bond donors (Lipinski definition) is 1. The highest BCUT2D eigenvalue weighted by Crippen LogP contribution is 2.34. The van der Waals surface area contributed by atoms with Crippen molar-refractivity contribution < 1.29 is 14.3 Å². The Balaban J connectivity index is 1.82. The van der Waals surface area contributed by atoms with Gasteiger partial charge in [-0.05, 0) is 42.2 Å². The van der Waals surface area contributed by atoms with Gasteiger partial charge in [-0.3, -0.25) is 9.59 Å². The van der Waals surface area contributed by atoms with Gasteiger partial charge in [0.1, 0.15) is 5.75 Å². The van der Waals surface area contributed by atoms with Gasteiger partial charge in [0.15, 0.2) is 0 Å². The first-order chi connectivity index (χ1) is 13.5. The number of benzene rings is 2. The molecule has 3 rings (SSSR count). The summed E-state index contributed by atoms with van der Waals surface area (Å²) in [6.07, 6.45) is 1.68. The minimum absolute atomic E-state index is 0.0813. The van der Waals surface area contributed by atoms with Crippen LogP contribution in [0.1, 0.15) is 31.4 Å². The van der Waals surface area contributed by atoms with E-state index in [9.17, 15) is 9.59 Å². The predicted octanol–water partition coefficient (Wildman–Crippen LogP) is 4.47. The zero-order chi connectivity index (χ0) is 20.3. The molecule has 2 aromatic rings. The van der Waals surface area contributed by atoms with Crippen molar-refractivity contribution in [2.45, 2.75) is 33.1 Å². The van der Waals surface area contributed by atoms with Crippen molar-refractivity contribution in [3.05, 3.63) is 52.5 Å². The molecule has 1 aliphatic heterocycles. The Morgan fingerprint density at radius 3 is 2.64 bits per heavy atom. The van der Waals surface area contributed by atoms with E-state index in [0.717, 1.165) is 29.7 Å². The van der Waals surface area contributed by atoms with Gasteiger partial charge in [-0.15, -0.1) is 0 Å². The molecule has 1 saturated heterocycles. The van der Waals surface area contributed by atoms with Crippen molar-refractivity contribution in [2.75, 3.05) is 23.9 Å². The fourth-order valence-electron chi connectivity index (χ4n) is 3.66. The van der Waals surface area contributed by atoms with Crippen LogP contribution in [0.3, 0.4) is 0 Å². The van der Waals surface area contributed by atoms with E-state index in [1.165, 1.54) is 0 Å². The number of methoxy groups -OCH3 is 1. The van der Waals surface area contributed by atoms with E-state index in [-0.39, 0.29) is 18.2 Å². The molecule has 5 nitrogen and oxygen atoms in total. The predicted molar refractivity (Wildman–Crippen MR) is 112 cm³/mol. The third kappa shape index (κ3) is 3.85. The van der Waals surface area contributed by atoms with Crippen molar-refractivity contribution in [3.63, 3.8) is 0 Å². The average molecular weight is 401 g/mol. The topological polar surface area (TPSA) is 58.6 Å². The van der Waals surface area contributed by atoms with E-state index >= 15 is 0 Å². The van der Waals surface area contributed by atoms with Crippen molar-refractivity contribution in [2.24, 2.45) is 5.92 Å². The van der Waals surface area contributed by atoms with Crippen LogP contribution in [-0.2, 0) is 22.4 Å². The van der Waals surface area contributed by atoms with Gasteiger partial charge in [0.25, 0.3) is 0 Å². The van der Waals surface area contributed by atoms with Crippen LogP contribution < -0.4 is 15.0 Å². The van der Waals surface area contributed by atoms with Crippen LogP contribution in [-0.4, -0.2) is 25.5 Å². The molecule has 1 heterocycles. The van der Waals surface area contributed by atoms with E-state index in [1.807, 2.05) is 50.2 Å². The summed E-state index contributed by atoms with van der Waals surface area (Å²) in [6.45, 7) is 4.38. The first kappa shape index (κ1) is 20.2. The van der Waals surface area contributed by atoms with Crippen LogP contribution in [0, 0.1) is 5.92 Å². The lowest BCUT2D eigenvalue weighted by Crippen LogP contribution is -2.29. The maximum Gasteiger partial charge on any atom is 0.229 e.